The molecule has 16 heavy (non-hydrogen) atoms. The quantitative estimate of drug-likeness (QED) is 0.630. The maximum atomic E-state index is 2.39. The van der Waals surface area contributed by atoms with Crippen LogP contribution >= 0.6 is 0 Å². The Morgan fingerprint density at radius 3 is 1.94 bits per heavy atom. The van der Waals surface area contributed by atoms with Crippen LogP contribution in [0.3, 0.4) is 0 Å². The highest BCUT2D eigenvalue weighted by molar-refractivity contribution is 5.36. The van der Waals surface area contributed by atoms with Crippen molar-refractivity contribution < 1.29 is 0 Å². The van der Waals surface area contributed by atoms with Crippen LogP contribution in [0.5, 0.6) is 0 Å². The summed E-state index contributed by atoms with van der Waals surface area (Å²) in [6, 6.07) is 6.93. The maximum Gasteiger partial charge on any atom is -0.0129 e. The Labute approximate surface area is 101 Å². The molecule has 0 heteroatoms. The van der Waals surface area contributed by atoms with Gasteiger partial charge in [-0.05, 0) is 40.9 Å². The molecule has 0 bridgehead atoms. The smallest absolute Gasteiger partial charge is 0.0129 e. The molecule has 0 aliphatic rings. The molecule has 0 spiro atoms. The van der Waals surface area contributed by atoms with E-state index in [0.717, 1.165) is 6.42 Å². The highest BCUT2D eigenvalue weighted by Crippen LogP contribution is 2.29. The zero-order chi connectivity index (χ0) is 12.6. The molecule has 0 saturated heterocycles. The van der Waals surface area contributed by atoms with Gasteiger partial charge in [-0.1, -0.05) is 59.7 Å². The summed E-state index contributed by atoms with van der Waals surface area (Å²) in [5.74, 6) is 0. The predicted molar refractivity (Wildman–Crippen MR) is 73.0 cm³/mol. The molecule has 0 fully saturated rings. The fourth-order valence-electron chi connectivity index (χ4n) is 2.20. The van der Waals surface area contributed by atoms with Crippen molar-refractivity contribution >= 4 is 0 Å². The lowest BCUT2D eigenvalue weighted by molar-refractivity contribution is 0.410. The maximum absolute atomic E-state index is 2.39. The second-order valence-corrected chi connectivity index (χ2v) is 7.14. The Morgan fingerprint density at radius 1 is 0.938 bits per heavy atom. The van der Waals surface area contributed by atoms with Gasteiger partial charge in [0.1, 0.15) is 0 Å². The molecular formula is C16H26. The molecule has 0 nitrogen and oxygen atoms in total. The lowest BCUT2D eigenvalue weighted by Crippen LogP contribution is -2.15. The van der Waals surface area contributed by atoms with Crippen molar-refractivity contribution in [2.75, 3.05) is 0 Å². The first kappa shape index (κ1) is 13.3. The summed E-state index contributed by atoms with van der Waals surface area (Å²) in [5.41, 5.74) is 4.96. The molecule has 0 atom stereocenters. The molecule has 0 heterocycles. The molecule has 0 radical (unpaired) electrons. The summed E-state index contributed by atoms with van der Waals surface area (Å²) in [6.07, 6.45) is 1.15. The number of rotatable bonds is 1. The van der Waals surface area contributed by atoms with Crippen LogP contribution < -0.4 is 0 Å². The number of aryl methyl sites for hydroxylation is 1. The molecule has 0 aliphatic heterocycles. The van der Waals surface area contributed by atoms with Gasteiger partial charge in [-0.25, -0.2) is 0 Å². The summed E-state index contributed by atoms with van der Waals surface area (Å²) in [5, 5.41) is 0. The van der Waals surface area contributed by atoms with E-state index in [4.69, 9.17) is 0 Å². The highest BCUT2D eigenvalue weighted by atomic mass is 14.2. The molecule has 90 valence electrons. The average molecular weight is 218 g/mol. The molecule has 1 rings (SSSR count). The largest absolute Gasteiger partial charge is 0.0599 e. The first-order chi connectivity index (χ1) is 7.09. The fraction of sp³-hybridized carbons (Fsp3) is 0.625. The van der Waals surface area contributed by atoms with Crippen LogP contribution in [0.2, 0.25) is 0 Å². The van der Waals surface area contributed by atoms with Gasteiger partial charge >= 0.3 is 0 Å². The van der Waals surface area contributed by atoms with Crippen LogP contribution in [-0.2, 0) is 11.8 Å². The van der Waals surface area contributed by atoms with E-state index in [9.17, 15) is 0 Å². The minimum Gasteiger partial charge on any atom is -0.0599 e. The van der Waals surface area contributed by atoms with E-state index in [1.165, 1.54) is 16.7 Å². The minimum atomic E-state index is 0.248. The second-order valence-electron chi connectivity index (χ2n) is 7.14. The normalized spacial score (nSPS) is 12.9. The summed E-state index contributed by atoms with van der Waals surface area (Å²) < 4.78 is 0. The van der Waals surface area contributed by atoms with Gasteiger partial charge in [0.2, 0.25) is 0 Å². The monoisotopic (exact) mass is 218 g/mol. The van der Waals surface area contributed by atoms with Gasteiger partial charge in [0, 0.05) is 0 Å². The van der Waals surface area contributed by atoms with Crippen LogP contribution in [0, 0.1) is 12.3 Å². The number of benzene rings is 1. The lowest BCUT2D eigenvalue weighted by Gasteiger charge is -2.24. The zero-order valence-electron chi connectivity index (χ0n) is 11.9. The van der Waals surface area contributed by atoms with E-state index in [2.05, 4.69) is 66.7 Å². The molecular weight excluding hydrogens is 192 g/mol. The van der Waals surface area contributed by atoms with E-state index in [1.807, 2.05) is 0 Å². The topological polar surface area (TPSA) is 0 Å². The van der Waals surface area contributed by atoms with E-state index in [-0.39, 0.29) is 5.41 Å². The van der Waals surface area contributed by atoms with Crippen LogP contribution in [0.25, 0.3) is 0 Å². The SMILES string of the molecule is Cc1ccc(CC(C)(C)C)cc1C(C)(C)C. The van der Waals surface area contributed by atoms with Crippen molar-refractivity contribution in [1.82, 2.24) is 0 Å². The first-order valence-corrected chi connectivity index (χ1v) is 6.20. The Bertz CT molecular complexity index is 359. The van der Waals surface area contributed by atoms with Gasteiger partial charge in [0.05, 0.1) is 0 Å². The minimum absolute atomic E-state index is 0.248. The number of hydrogen-bond donors (Lipinski definition) is 0. The van der Waals surface area contributed by atoms with Crippen molar-refractivity contribution in [3.05, 3.63) is 34.9 Å². The lowest BCUT2D eigenvalue weighted by atomic mass is 9.81. The average Bonchev–Trinajstić information content (AvgIpc) is 2.04. The molecule has 1 aromatic rings. The Hall–Kier alpha value is -0.780. The molecule has 1 aromatic carbocycles. The molecule has 0 amide bonds. The molecule has 0 unspecified atom stereocenters. The Balaban J connectivity index is 3.09. The van der Waals surface area contributed by atoms with Gasteiger partial charge in [0.15, 0.2) is 0 Å². The summed E-state index contributed by atoms with van der Waals surface area (Å²) >= 11 is 0. The van der Waals surface area contributed by atoms with E-state index < -0.39 is 0 Å². The van der Waals surface area contributed by atoms with Crippen molar-refractivity contribution in [3.63, 3.8) is 0 Å². The van der Waals surface area contributed by atoms with Crippen molar-refractivity contribution in [3.8, 4) is 0 Å². The third kappa shape index (κ3) is 3.66. The van der Waals surface area contributed by atoms with Gasteiger partial charge in [-0.15, -0.1) is 0 Å². The standard InChI is InChI=1S/C16H26/c1-12-8-9-13(11-15(2,3)4)10-14(12)16(5,6)7/h8-10H,11H2,1-7H3. The van der Waals surface area contributed by atoms with Gasteiger partial charge in [0.25, 0.3) is 0 Å². The van der Waals surface area contributed by atoms with Gasteiger partial charge < -0.3 is 0 Å². The van der Waals surface area contributed by atoms with Crippen LogP contribution in [0.15, 0.2) is 18.2 Å². The van der Waals surface area contributed by atoms with Crippen molar-refractivity contribution in [2.24, 2.45) is 5.41 Å². The van der Waals surface area contributed by atoms with Crippen molar-refractivity contribution in [2.45, 2.75) is 60.3 Å². The summed E-state index contributed by atoms with van der Waals surface area (Å²) in [6.45, 7) is 16.0. The first-order valence-electron chi connectivity index (χ1n) is 6.20. The fourth-order valence-corrected chi connectivity index (χ4v) is 2.20. The van der Waals surface area contributed by atoms with Gasteiger partial charge in [-0.3, -0.25) is 0 Å². The summed E-state index contributed by atoms with van der Waals surface area (Å²) in [7, 11) is 0. The van der Waals surface area contributed by atoms with E-state index in [1.54, 1.807) is 0 Å². The molecule has 0 aromatic heterocycles. The van der Waals surface area contributed by atoms with E-state index in [0.29, 0.717) is 5.41 Å². The third-order valence-corrected chi connectivity index (χ3v) is 2.84. The number of hydrogen-bond acceptors (Lipinski definition) is 0. The van der Waals surface area contributed by atoms with Crippen molar-refractivity contribution in [1.29, 1.82) is 0 Å². The summed E-state index contributed by atoms with van der Waals surface area (Å²) in [4.78, 5) is 0. The molecule has 0 aliphatic carbocycles. The third-order valence-electron chi connectivity index (χ3n) is 2.84. The molecule has 0 N–H and O–H groups in total. The van der Waals surface area contributed by atoms with Crippen LogP contribution in [-0.4, -0.2) is 0 Å². The highest BCUT2D eigenvalue weighted by Gasteiger charge is 2.18. The predicted octanol–water partition coefficient (Wildman–Crippen LogP) is 4.88. The Morgan fingerprint density at radius 2 is 1.50 bits per heavy atom. The van der Waals surface area contributed by atoms with Gasteiger partial charge in [-0.2, -0.15) is 0 Å². The van der Waals surface area contributed by atoms with Crippen LogP contribution in [0.1, 0.15) is 58.2 Å². The molecule has 0 saturated carbocycles. The second kappa shape index (κ2) is 4.24. The van der Waals surface area contributed by atoms with E-state index >= 15 is 0 Å². The van der Waals surface area contributed by atoms with Crippen LogP contribution in [0.4, 0.5) is 0 Å². The zero-order valence-corrected chi connectivity index (χ0v) is 11.9. The Kier molecular flexibility index (Phi) is 3.52.